The average molecular weight is 285 g/mol. The number of halogens is 3. The van der Waals surface area contributed by atoms with Crippen molar-refractivity contribution in [2.45, 2.75) is 0 Å². The summed E-state index contributed by atoms with van der Waals surface area (Å²) in [5, 5.41) is 2.69. The zero-order chi connectivity index (χ0) is 13.1. The number of hydrogen-bond donors (Lipinski definition) is 1. The number of para-hydroxylation sites is 1. The Morgan fingerprint density at radius 1 is 1.28 bits per heavy atom. The van der Waals surface area contributed by atoms with Crippen molar-refractivity contribution >= 4 is 34.8 Å². The van der Waals surface area contributed by atoms with Gasteiger partial charge in [0.2, 0.25) is 0 Å². The number of aromatic nitrogens is 1. The minimum atomic E-state index is -0.515. The largest absolute Gasteiger partial charge is 0.319 e. The summed E-state index contributed by atoms with van der Waals surface area (Å²) in [7, 11) is 0. The molecular weight excluding hydrogens is 278 g/mol. The highest BCUT2D eigenvalue weighted by molar-refractivity contribution is 6.41. The molecule has 1 N–H and O–H groups in total. The van der Waals surface area contributed by atoms with E-state index in [1.165, 1.54) is 30.5 Å². The van der Waals surface area contributed by atoms with Gasteiger partial charge in [0, 0.05) is 6.20 Å². The first-order valence-corrected chi connectivity index (χ1v) is 5.70. The Bertz CT molecular complexity index is 604. The van der Waals surface area contributed by atoms with Crippen molar-refractivity contribution in [1.29, 1.82) is 0 Å². The second-order valence-electron chi connectivity index (χ2n) is 3.43. The van der Waals surface area contributed by atoms with E-state index >= 15 is 0 Å². The van der Waals surface area contributed by atoms with Gasteiger partial charge in [-0.25, -0.2) is 9.37 Å². The smallest absolute Gasteiger partial charge is 0.257 e. The van der Waals surface area contributed by atoms with Crippen LogP contribution in [0.15, 0.2) is 36.5 Å². The molecular formula is C12H7Cl2FN2O. The first-order valence-electron chi connectivity index (χ1n) is 4.95. The lowest BCUT2D eigenvalue weighted by molar-refractivity contribution is 0.102. The molecule has 2 rings (SSSR count). The molecule has 0 aliphatic heterocycles. The van der Waals surface area contributed by atoms with Crippen LogP contribution in [-0.4, -0.2) is 10.9 Å². The van der Waals surface area contributed by atoms with E-state index in [0.717, 1.165) is 0 Å². The highest BCUT2D eigenvalue weighted by Gasteiger charge is 2.11. The van der Waals surface area contributed by atoms with Gasteiger partial charge in [0.25, 0.3) is 5.91 Å². The fraction of sp³-hybridized carbons (Fsp3) is 0. The number of amides is 1. The summed E-state index contributed by atoms with van der Waals surface area (Å²) < 4.78 is 13.3. The number of pyridine rings is 1. The Hall–Kier alpha value is -1.65. The molecule has 3 nitrogen and oxygen atoms in total. The second-order valence-corrected chi connectivity index (χ2v) is 4.20. The standard InChI is InChI=1S/C12H7Cl2FN2O/c13-8-5-7(6-16-11(8)14)12(18)17-10-4-2-1-3-9(10)15/h1-6H,(H,17,18). The Morgan fingerprint density at radius 3 is 2.67 bits per heavy atom. The molecule has 0 saturated heterocycles. The number of carbonyl (C=O) groups excluding carboxylic acids is 1. The van der Waals surface area contributed by atoms with Gasteiger partial charge in [-0.2, -0.15) is 0 Å². The maximum atomic E-state index is 13.3. The van der Waals surface area contributed by atoms with Gasteiger partial charge < -0.3 is 5.32 Å². The number of anilines is 1. The van der Waals surface area contributed by atoms with E-state index in [1.807, 2.05) is 0 Å². The van der Waals surface area contributed by atoms with Gasteiger partial charge in [-0.1, -0.05) is 35.3 Å². The molecule has 18 heavy (non-hydrogen) atoms. The Balaban J connectivity index is 2.22. The first kappa shape index (κ1) is 12.8. The molecule has 92 valence electrons. The van der Waals surface area contributed by atoms with Crippen LogP contribution in [0, 0.1) is 5.82 Å². The van der Waals surface area contributed by atoms with Crippen molar-refractivity contribution in [2.24, 2.45) is 0 Å². The third-order valence-electron chi connectivity index (χ3n) is 2.18. The summed E-state index contributed by atoms with van der Waals surface area (Å²) in [6, 6.07) is 7.23. The van der Waals surface area contributed by atoms with Crippen LogP contribution in [0.3, 0.4) is 0 Å². The number of hydrogen-bond acceptors (Lipinski definition) is 2. The molecule has 0 atom stereocenters. The Kier molecular flexibility index (Phi) is 3.79. The molecule has 1 heterocycles. The van der Waals surface area contributed by atoms with Crippen molar-refractivity contribution in [1.82, 2.24) is 4.98 Å². The van der Waals surface area contributed by atoms with Gasteiger partial charge in [-0.3, -0.25) is 4.79 Å². The van der Waals surface area contributed by atoms with E-state index in [0.29, 0.717) is 0 Å². The third-order valence-corrected chi connectivity index (χ3v) is 2.87. The second kappa shape index (κ2) is 5.33. The maximum absolute atomic E-state index is 13.3. The monoisotopic (exact) mass is 284 g/mol. The topological polar surface area (TPSA) is 42.0 Å². The van der Waals surface area contributed by atoms with E-state index in [1.54, 1.807) is 6.07 Å². The fourth-order valence-corrected chi connectivity index (χ4v) is 1.57. The summed E-state index contributed by atoms with van der Waals surface area (Å²) in [5.41, 5.74) is 0.293. The van der Waals surface area contributed by atoms with Gasteiger partial charge in [-0.05, 0) is 18.2 Å². The zero-order valence-corrected chi connectivity index (χ0v) is 10.5. The first-order chi connectivity index (χ1) is 8.58. The van der Waals surface area contributed by atoms with Crippen LogP contribution in [0.5, 0.6) is 0 Å². The lowest BCUT2D eigenvalue weighted by atomic mass is 10.2. The van der Waals surface area contributed by atoms with Crippen molar-refractivity contribution in [3.05, 3.63) is 58.1 Å². The lowest BCUT2D eigenvalue weighted by Crippen LogP contribution is -2.13. The molecule has 6 heteroatoms. The van der Waals surface area contributed by atoms with Crippen LogP contribution in [0.25, 0.3) is 0 Å². The van der Waals surface area contributed by atoms with Gasteiger partial charge in [-0.15, -0.1) is 0 Å². The average Bonchev–Trinajstić information content (AvgIpc) is 2.35. The van der Waals surface area contributed by atoms with Crippen LogP contribution < -0.4 is 5.32 Å². The predicted octanol–water partition coefficient (Wildman–Crippen LogP) is 3.78. The third kappa shape index (κ3) is 2.78. The van der Waals surface area contributed by atoms with Gasteiger partial charge >= 0.3 is 0 Å². The van der Waals surface area contributed by atoms with Gasteiger partial charge in [0.15, 0.2) is 0 Å². The SMILES string of the molecule is O=C(Nc1ccccc1F)c1cnc(Cl)c(Cl)c1. The summed E-state index contributed by atoms with van der Waals surface area (Å²) in [4.78, 5) is 15.6. The van der Waals surface area contributed by atoms with E-state index in [-0.39, 0.29) is 21.4 Å². The molecule has 0 aliphatic rings. The summed E-state index contributed by atoms with van der Waals surface area (Å²) in [5.74, 6) is -1.02. The molecule has 1 amide bonds. The van der Waals surface area contributed by atoms with Crippen molar-refractivity contribution < 1.29 is 9.18 Å². The maximum Gasteiger partial charge on any atom is 0.257 e. The number of carbonyl (C=O) groups is 1. The number of nitrogens with one attached hydrogen (secondary N) is 1. The lowest BCUT2D eigenvalue weighted by Gasteiger charge is -2.06. The number of benzene rings is 1. The van der Waals surface area contributed by atoms with Gasteiger partial charge in [0.1, 0.15) is 11.0 Å². The zero-order valence-electron chi connectivity index (χ0n) is 8.95. The van der Waals surface area contributed by atoms with Crippen LogP contribution in [0.1, 0.15) is 10.4 Å². The van der Waals surface area contributed by atoms with Crippen LogP contribution in [0.4, 0.5) is 10.1 Å². The minimum Gasteiger partial charge on any atom is -0.319 e. The highest BCUT2D eigenvalue weighted by atomic mass is 35.5. The van der Waals surface area contributed by atoms with E-state index < -0.39 is 11.7 Å². The molecule has 0 aliphatic carbocycles. The van der Waals surface area contributed by atoms with Crippen LogP contribution in [-0.2, 0) is 0 Å². The van der Waals surface area contributed by atoms with Gasteiger partial charge in [0.05, 0.1) is 16.3 Å². The van der Waals surface area contributed by atoms with Crippen molar-refractivity contribution in [3.63, 3.8) is 0 Å². The molecule has 0 saturated carbocycles. The molecule has 2 aromatic rings. The molecule has 0 fully saturated rings. The minimum absolute atomic E-state index is 0.0913. The highest BCUT2D eigenvalue weighted by Crippen LogP contribution is 2.20. The molecule has 0 radical (unpaired) electrons. The number of nitrogens with zero attached hydrogens (tertiary/aromatic N) is 1. The molecule has 0 unspecified atom stereocenters. The summed E-state index contributed by atoms with van der Waals surface area (Å²) in [6.45, 7) is 0. The number of rotatable bonds is 2. The molecule has 0 bridgehead atoms. The fourth-order valence-electron chi connectivity index (χ4n) is 1.30. The molecule has 1 aromatic carbocycles. The van der Waals surface area contributed by atoms with Crippen molar-refractivity contribution in [2.75, 3.05) is 5.32 Å². The van der Waals surface area contributed by atoms with Crippen molar-refractivity contribution in [3.8, 4) is 0 Å². The normalized spacial score (nSPS) is 10.2. The van der Waals surface area contributed by atoms with E-state index in [9.17, 15) is 9.18 Å². The van der Waals surface area contributed by atoms with E-state index in [2.05, 4.69) is 10.3 Å². The predicted molar refractivity (Wildman–Crippen MR) is 68.6 cm³/mol. The Morgan fingerprint density at radius 2 is 2.00 bits per heavy atom. The quantitative estimate of drug-likeness (QED) is 0.853. The van der Waals surface area contributed by atoms with Crippen LogP contribution >= 0.6 is 23.2 Å². The molecule has 1 aromatic heterocycles. The molecule has 0 spiro atoms. The van der Waals surface area contributed by atoms with Crippen LogP contribution in [0.2, 0.25) is 10.2 Å². The Labute approximate surface area is 113 Å². The summed E-state index contributed by atoms with van der Waals surface area (Å²) in [6.07, 6.45) is 1.27. The summed E-state index contributed by atoms with van der Waals surface area (Å²) >= 11 is 11.4. The van der Waals surface area contributed by atoms with E-state index in [4.69, 9.17) is 23.2 Å².